The Labute approximate surface area is 205 Å². The molecular weight excluding hydrogens is 482 g/mol. The molecule has 1 saturated heterocycles. The van der Waals surface area contributed by atoms with Crippen LogP contribution in [-0.2, 0) is 32.6 Å². The maximum Gasteiger partial charge on any atom is 0.241 e. The van der Waals surface area contributed by atoms with Gasteiger partial charge < -0.3 is 19.5 Å². The smallest absolute Gasteiger partial charge is 0.241 e. The second kappa shape index (κ2) is 11.7. The Morgan fingerprint density at radius 3 is 2.44 bits per heavy atom. The molecule has 3 rings (SSSR count). The molecule has 2 aromatic rings. The highest BCUT2D eigenvalue weighted by Gasteiger charge is 2.25. The van der Waals surface area contributed by atoms with Crippen LogP contribution in [0.2, 0.25) is 5.02 Å². The van der Waals surface area contributed by atoms with E-state index in [-0.39, 0.29) is 28.8 Å². The van der Waals surface area contributed by atoms with E-state index in [0.717, 1.165) is 54.5 Å². The summed E-state index contributed by atoms with van der Waals surface area (Å²) in [7, 11) is -0.998. The number of sulfonamides is 1. The van der Waals surface area contributed by atoms with E-state index in [9.17, 15) is 13.2 Å². The highest BCUT2D eigenvalue weighted by Crippen LogP contribution is 2.38. The highest BCUT2D eigenvalue weighted by atomic mass is 35.5. The fraction of sp³-hybridized carbons (Fsp3) is 0.435. The zero-order valence-corrected chi connectivity index (χ0v) is 21.1. The maximum atomic E-state index is 12.7. The molecule has 0 radical (unpaired) electrons. The lowest BCUT2D eigenvalue weighted by molar-refractivity contribution is -0.119. The van der Waals surface area contributed by atoms with Crippen molar-refractivity contribution in [2.45, 2.75) is 13.1 Å². The largest absolute Gasteiger partial charge is 0.495 e. The average Bonchev–Trinajstić information content (AvgIpc) is 2.81. The molecule has 1 amide bonds. The Kier molecular flexibility index (Phi) is 9.01. The molecule has 9 nitrogen and oxygen atoms in total. The first kappa shape index (κ1) is 26.1. The van der Waals surface area contributed by atoms with Crippen LogP contribution in [0.3, 0.4) is 0 Å². The van der Waals surface area contributed by atoms with Crippen molar-refractivity contribution in [2.75, 3.05) is 57.6 Å². The van der Waals surface area contributed by atoms with E-state index in [1.165, 1.54) is 26.4 Å². The van der Waals surface area contributed by atoms with Crippen LogP contribution in [0.1, 0.15) is 11.1 Å². The molecule has 0 atom stereocenters. The lowest BCUT2D eigenvalue weighted by atomic mass is 10.1. The summed E-state index contributed by atoms with van der Waals surface area (Å²) >= 11 is 6.14. The molecule has 0 bridgehead atoms. The molecule has 1 fully saturated rings. The molecule has 0 spiro atoms. The average molecular weight is 512 g/mol. The Balaban J connectivity index is 1.69. The Morgan fingerprint density at radius 1 is 1.12 bits per heavy atom. The van der Waals surface area contributed by atoms with Gasteiger partial charge in [0.2, 0.25) is 15.9 Å². The maximum absolute atomic E-state index is 12.7. The number of benzene rings is 2. The monoisotopic (exact) mass is 511 g/mol. The second-order valence-electron chi connectivity index (χ2n) is 7.91. The van der Waals surface area contributed by atoms with Crippen molar-refractivity contribution in [1.82, 2.24) is 10.2 Å². The topological polar surface area (TPSA) is 97.4 Å². The Morgan fingerprint density at radius 2 is 1.79 bits per heavy atom. The third-order valence-electron chi connectivity index (χ3n) is 5.40. The van der Waals surface area contributed by atoms with E-state index in [1.54, 1.807) is 0 Å². The number of hydrogen-bond acceptors (Lipinski definition) is 7. The van der Waals surface area contributed by atoms with Gasteiger partial charge in [0.15, 0.2) is 0 Å². The molecular formula is C23H30ClN3O6S. The van der Waals surface area contributed by atoms with Gasteiger partial charge in [0.05, 0.1) is 44.4 Å². The molecule has 1 heterocycles. The number of amides is 1. The summed E-state index contributed by atoms with van der Waals surface area (Å²) in [6.07, 6.45) is 1.02. The lowest BCUT2D eigenvalue weighted by Crippen LogP contribution is -2.40. The predicted molar refractivity (Wildman–Crippen MR) is 131 cm³/mol. The minimum atomic E-state index is -3.81. The van der Waals surface area contributed by atoms with Crippen LogP contribution in [0.15, 0.2) is 36.4 Å². The summed E-state index contributed by atoms with van der Waals surface area (Å²) in [6.45, 7) is 3.91. The molecule has 186 valence electrons. The number of carbonyl (C=O) groups is 1. The summed E-state index contributed by atoms with van der Waals surface area (Å²) in [6, 6.07) is 10.8. The number of nitrogens with zero attached hydrogens (tertiary/aromatic N) is 2. The van der Waals surface area contributed by atoms with Crippen molar-refractivity contribution in [3.63, 3.8) is 0 Å². The van der Waals surface area contributed by atoms with Crippen LogP contribution in [0.5, 0.6) is 11.5 Å². The predicted octanol–water partition coefficient (Wildman–Crippen LogP) is 2.27. The van der Waals surface area contributed by atoms with Crippen molar-refractivity contribution in [3.8, 4) is 11.5 Å². The third kappa shape index (κ3) is 6.99. The van der Waals surface area contributed by atoms with Gasteiger partial charge in [-0.25, -0.2) is 8.42 Å². The summed E-state index contributed by atoms with van der Waals surface area (Å²) in [5.41, 5.74) is 2.23. The molecule has 1 aliphatic rings. The fourth-order valence-corrected chi connectivity index (χ4v) is 4.75. The zero-order chi connectivity index (χ0) is 24.7. The van der Waals surface area contributed by atoms with Gasteiger partial charge in [-0.15, -0.1) is 0 Å². The number of hydrogen-bond donors (Lipinski definition) is 1. The van der Waals surface area contributed by atoms with E-state index >= 15 is 0 Å². The van der Waals surface area contributed by atoms with Crippen LogP contribution in [-0.4, -0.2) is 72.5 Å². The van der Waals surface area contributed by atoms with Crippen LogP contribution >= 0.6 is 11.6 Å². The fourth-order valence-electron chi connectivity index (χ4n) is 3.66. The van der Waals surface area contributed by atoms with Gasteiger partial charge in [-0.1, -0.05) is 35.9 Å². The van der Waals surface area contributed by atoms with E-state index in [1.807, 2.05) is 24.3 Å². The van der Waals surface area contributed by atoms with Crippen LogP contribution in [0.4, 0.5) is 5.69 Å². The SMILES string of the molecule is COc1cc(N(CC(=O)NCc2cccc(CN3CCOCC3)c2)S(C)(=O)=O)c(OC)cc1Cl. The number of carbonyl (C=O) groups excluding carboxylic acids is 1. The molecule has 1 N–H and O–H groups in total. The van der Waals surface area contributed by atoms with Gasteiger partial charge >= 0.3 is 0 Å². The number of anilines is 1. The minimum absolute atomic E-state index is 0.161. The van der Waals surface area contributed by atoms with Gasteiger partial charge in [0, 0.05) is 38.3 Å². The number of methoxy groups -OCH3 is 2. The molecule has 2 aromatic carbocycles. The molecule has 1 aliphatic heterocycles. The number of halogens is 1. The first-order chi connectivity index (χ1) is 16.2. The van der Waals surface area contributed by atoms with Crippen LogP contribution in [0.25, 0.3) is 0 Å². The quantitative estimate of drug-likeness (QED) is 0.522. The van der Waals surface area contributed by atoms with E-state index in [0.29, 0.717) is 0 Å². The Bertz CT molecular complexity index is 1110. The first-order valence-corrected chi connectivity index (χ1v) is 13.0. The third-order valence-corrected chi connectivity index (χ3v) is 6.82. The van der Waals surface area contributed by atoms with E-state index in [4.69, 9.17) is 25.8 Å². The number of morpholine rings is 1. The zero-order valence-electron chi connectivity index (χ0n) is 19.5. The first-order valence-electron chi connectivity index (χ1n) is 10.7. The molecule has 0 aliphatic carbocycles. The van der Waals surface area contributed by atoms with Gasteiger partial charge in [0.1, 0.15) is 18.0 Å². The number of ether oxygens (including phenoxy) is 3. The van der Waals surface area contributed by atoms with Gasteiger partial charge in [-0.2, -0.15) is 0 Å². The van der Waals surface area contributed by atoms with E-state index < -0.39 is 22.5 Å². The summed E-state index contributed by atoms with van der Waals surface area (Å²) in [5, 5.41) is 3.06. The minimum Gasteiger partial charge on any atom is -0.495 e. The lowest BCUT2D eigenvalue weighted by Gasteiger charge is -2.26. The standard InChI is InChI=1S/C23H30ClN3O6S/c1-31-21-13-20(22(32-2)12-19(21)24)27(34(3,29)30)16-23(28)25-14-17-5-4-6-18(11-17)15-26-7-9-33-10-8-26/h4-6,11-13H,7-10,14-16H2,1-3H3,(H,25,28). The van der Waals surface area contributed by atoms with Gasteiger partial charge in [0.25, 0.3) is 0 Å². The second-order valence-corrected chi connectivity index (χ2v) is 10.2. The van der Waals surface area contributed by atoms with E-state index in [2.05, 4.69) is 10.2 Å². The van der Waals surface area contributed by atoms with Crippen molar-refractivity contribution in [1.29, 1.82) is 0 Å². The Hall–Kier alpha value is -2.53. The van der Waals surface area contributed by atoms with Crippen molar-refractivity contribution < 1.29 is 27.4 Å². The van der Waals surface area contributed by atoms with Gasteiger partial charge in [-0.05, 0) is 11.1 Å². The molecule has 34 heavy (non-hydrogen) atoms. The molecule has 0 unspecified atom stereocenters. The summed E-state index contributed by atoms with van der Waals surface area (Å²) < 4.78 is 41.9. The van der Waals surface area contributed by atoms with Crippen molar-refractivity contribution in [3.05, 3.63) is 52.5 Å². The normalized spacial score (nSPS) is 14.5. The summed E-state index contributed by atoms with van der Waals surface area (Å²) in [4.78, 5) is 15.1. The number of rotatable bonds is 10. The van der Waals surface area contributed by atoms with Crippen LogP contribution in [0, 0.1) is 0 Å². The summed E-state index contributed by atoms with van der Waals surface area (Å²) in [5.74, 6) is 0.0171. The molecule has 0 saturated carbocycles. The van der Waals surface area contributed by atoms with Crippen molar-refractivity contribution >= 4 is 33.2 Å². The highest BCUT2D eigenvalue weighted by molar-refractivity contribution is 7.92. The van der Waals surface area contributed by atoms with Crippen molar-refractivity contribution in [2.24, 2.45) is 0 Å². The molecule has 11 heteroatoms. The van der Waals surface area contributed by atoms with Gasteiger partial charge in [-0.3, -0.25) is 14.0 Å². The molecule has 0 aromatic heterocycles. The number of nitrogens with one attached hydrogen (secondary N) is 1. The van der Waals surface area contributed by atoms with Crippen LogP contribution < -0.4 is 19.1 Å².